The zero-order valence-corrected chi connectivity index (χ0v) is 16.9. The van der Waals surface area contributed by atoms with Gasteiger partial charge in [0.2, 0.25) is 5.91 Å². The fourth-order valence-electron chi connectivity index (χ4n) is 2.85. The Morgan fingerprint density at radius 1 is 0.812 bits per heavy atom. The normalized spacial score (nSPS) is 11.0. The second kappa shape index (κ2) is 9.42. The van der Waals surface area contributed by atoms with Gasteiger partial charge in [-0.2, -0.15) is 0 Å². The van der Waals surface area contributed by atoms with Gasteiger partial charge in [0.1, 0.15) is 17.2 Å². The molecule has 6 nitrogen and oxygen atoms in total. The van der Waals surface area contributed by atoms with Gasteiger partial charge in [0.25, 0.3) is 5.91 Å². The van der Waals surface area contributed by atoms with Crippen LogP contribution in [-0.2, 0) is 6.54 Å². The molecule has 0 radical (unpaired) electrons. The number of alkyl halides is 3. The number of halogens is 3. The SMILES string of the molecule is CN(Cc1ccc(OC(F)(F)F)cc1)C(=O)c1ccc(Oc2ccc(C(N)=O)cc2)cc1. The fraction of sp³-hybridized carbons (Fsp3) is 0.130. The van der Waals surface area contributed by atoms with Crippen LogP contribution in [0.5, 0.6) is 17.2 Å². The molecule has 2 N–H and O–H groups in total. The molecular formula is C23H19F3N2O4. The highest BCUT2D eigenvalue weighted by atomic mass is 19.4. The summed E-state index contributed by atoms with van der Waals surface area (Å²) in [6, 6.07) is 18.1. The maximum absolute atomic E-state index is 12.6. The minimum absolute atomic E-state index is 0.204. The van der Waals surface area contributed by atoms with E-state index in [-0.39, 0.29) is 18.2 Å². The van der Waals surface area contributed by atoms with E-state index < -0.39 is 12.3 Å². The summed E-state index contributed by atoms with van der Waals surface area (Å²) in [5.41, 5.74) is 6.63. The molecular weight excluding hydrogens is 425 g/mol. The van der Waals surface area contributed by atoms with Crippen LogP contribution in [0.1, 0.15) is 26.3 Å². The first-order valence-electron chi connectivity index (χ1n) is 9.39. The monoisotopic (exact) mass is 444 g/mol. The largest absolute Gasteiger partial charge is 0.573 e. The molecule has 3 aromatic carbocycles. The summed E-state index contributed by atoms with van der Waals surface area (Å²) >= 11 is 0. The van der Waals surface area contributed by atoms with Crippen LogP contribution >= 0.6 is 0 Å². The van der Waals surface area contributed by atoms with Gasteiger partial charge in [-0.05, 0) is 66.2 Å². The zero-order chi connectivity index (χ0) is 23.3. The number of carbonyl (C=O) groups is 2. The van der Waals surface area contributed by atoms with Crippen LogP contribution in [0.2, 0.25) is 0 Å². The Bertz CT molecular complexity index is 1080. The molecule has 3 rings (SSSR count). The highest BCUT2D eigenvalue weighted by molar-refractivity contribution is 5.94. The summed E-state index contributed by atoms with van der Waals surface area (Å²) < 4.78 is 46.2. The minimum Gasteiger partial charge on any atom is -0.457 e. The lowest BCUT2D eigenvalue weighted by Gasteiger charge is -2.18. The molecule has 0 bridgehead atoms. The standard InChI is InChI=1S/C23H19F3N2O4/c1-28(14-15-2-8-20(9-3-15)32-23(24,25)26)22(30)17-6-12-19(13-7-17)31-18-10-4-16(5-11-18)21(27)29/h2-13H,14H2,1H3,(H2,27,29). The smallest absolute Gasteiger partial charge is 0.457 e. The number of primary amides is 1. The maximum atomic E-state index is 12.6. The van der Waals surface area contributed by atoms with Crippen molar-refractivity contribution < 1.29 is 32.2 Å². The molecule has 3 aromatic rings. The van der Waals surface area contributed by atoms with E-state index in [1.807, 2.05) is 0 Å². The third-order valence-corrected chi connectivity index (χ3v) is 4.40. The van der Waals surface area contributed by atoms with E-state index in [1.165, 1.54) is 29.2 Å². The molecule has 0 saturated heterocycles. The first kappa shape index (κ1) is 22.7. The second-order valence-corrected chi connectivity index (χ2v) is 6.87. The number of hydrogen-bond acceptors (Lipinski definition) is 4. The molecule has 2 amide bonds. The molecule has 0 fully saturated rings. The first-order valence-corrected chi connectivity index (χ1v) is 9.39. The van der Waals surface area contributed by atoms with E-state index in [1.54, 1.807) is 55.6 Å². The molecule has 166 valence electrons. The Morgan fingerprint density at radius 3 is 1.75 bits per heavy atom. The number of nitrogens with two attached hydrogens (primary N) is 1. The van der Waals surface area contributed by atoms with Gasteiger partial charge in [-0.15, -0.1) is 13.2 Å². The summed E-state index contributed by atoms with van der Waals surface area (Å²) in [5, 5.41) is 0. The quantitative estimate of drug-likeness (QED) is 0.570. The summed E-state index contributed by atoms with van der Waals surface area (Å²) in [7, 11) is 1.59. The van der Waals surface area contributed by atoms with Crippen LogP contribution in [0, 0.1) is 0 Å². The van der Waals surface area contributed by atoms with Crippen molar-refractivity contribution in [1.29, 1.82) is 0 Å². The number of amides is 2. The molecule has 0 saturated carbocycles. The van der Waals surface area contributed by atoms with Gasteiger partial charge in [0.05, 0.1) is 0 Å². The van der Waals surface area contributed by atoms with Crippen molar-refractivity contribution in [1.82, 2.24) is 4.90 Å². The third kappa shape index (κ3) is 6.24. The van der Waals surface area contributed by atoms with Gasteiger partial charge in [0.15, 0.2) is 0 Å². The van der Waals surface area contributed by atoms with Crippen LogP contribution in [0.25, 0.3) is 0 Å². The molecule has 0 unspecified atom stereocenters. The lowest BCUT2D eigenvalue weighted by atomic mass is 10.1. The summed E-state index contributed by atoms with van der Waals surface area (Å²) in [6.45, 7) is 0.204. The summed E-state index contributed by atoms with van der Waals surface area (Å²) in [6.07, 6.45) is -4.75. The van der Waals surface area contributed by atoms with Crippen molar-refractivity contribution in [2.75, 3.05) is 7.05 Å². The highest BCUT2D eigenvalue weighted by Crippen LogP contribution is 2.24. The van der Waals surface area contributed by atoms with Crippen molar-refractivity contribution in [3.05, 3.63) is 89.5 Å². The second-order valence-electron chi connectivity index (χ2n) is 6.87. The van der Waals surface area contributed by atoms with Crippen molar-refractivity contribution in [2.24, 2.45) is 5.73 Å². The minimum atomic E-state index is -4.75. The lowest BCUT2D eigenvalue weighted by molar-refractivity contribution is -0.274. The van der Waals surface area contributed by atoms with Crippen LogP contribution in [0.4, 0.5) is 13.2 Å². The number of ether oxygens (including phenoxy) is 2. The van der Waals surface area contributed by atoms with Crippen LogP contribution in [0.15, 0.2) is 72.8 Å². The number of hydrogen-bond donors (Lipinski definition) is 1. The maximum Gasteiger partial charge on any atom is 0.573 e. The Morgan fingerprint density at radius 2 is 1.28 bits per heavy atom. The Labute approximate surface area is 182 Å². The van der Waals surface area contributed by atoms with Gasteiger partial charge in [-0.25, -0.2) is 0 Å². The number of rotatable bonds is 7. The lowest BCUT2D eigenvalue weighted by Crippen LogP contribution is -2.26. The van der Waals surface area contributed by atoms with Gasteiger partial charge in [-0.1, -0.05) is 12.1 Å². The first-order chi connectivity index (χ1) is 15.1. The van der Waals surface area contributed by atoms with Crippen LogP contribution in [-0.4, -0.2) is 30.1 Å². The van der Waals surface area contributed by atoms with E-state index in [2.05, 4.69) is 4.74 Å². The van der Waals surface area contributed by atoms with Gasteiger partial charge in [0, 0.05) is 24.7 Å². The number of nitrogens with zero attached hydrogens (tertiary/aromatic N) is 1. The molecule has 0 aromatic heterocycles. The van der Waals surface area contributed by atoms with E-state index in [0.29, 0.717) is 28.2 Å². The van der Waals surface area contributed by atoms with E-state index in [4.69, 9.17) is 10.5 Å². The predicted molar refractivity (Wildman–Crippen MR) is 110 cm³/mol. The van der Waals surface area contributed by atoms with Crippen molar-refractivity contribution >= 4 is 11.8 Å². The Hall–Kier alpha value is -4.01. The molecule has 0 aliphatic heterocycles. The van der Waals surface area contributed by atoms with Gasteiger partial charge >= 0.3 is 6.36 Å². The van der Waals surface area contributed by atoms with Crippen LogP contribution in [0.3, 0.4) is 0 Å². The van der Waals surface area contributed by atoms with Gasteiger partial charge < -0.3 is 20.1 Å². The summed E-state index contributed by atoms with van der Waals surface area (Å²) in [4.78, 5) is 25.2. The number of benzene rings is 3. The van der Waals surface area contributed by atoms with Crippen LogP contribution < -0.4 is 15.2 Å². The molecule has 0 aliphatic carbocycles. The van der Waals surface area contributed by atoms with Gasteiger partial charge in [-0.3, -0.25) is 9.59 Å². The predicted octanol–water partition coefficient (Wildman–Crippen LogP) is 4.75. The van der Waals surface area contributed by atoms with E-state index >= 15 is 0 Å². The van der Waals surface area contributed by atoms with E-state index in [0.717, 1.165) is 0 Å². The number of carbonyl (C=O) groups excluding carboxylic acids is 2. The molecule has 0 atom stereocenters. The van der Waals surface area contributed by atoms with Crippen molar-refractivity contribution in [3.8, 4) is 17.2 Å². The Kier molecular flexibility index (Phi) is 6.67. The Balaban J connectivity index is 1.59. The average molecular weight is 444 g/mol. The van der Waals surface area contributed by atoms with Crippen molar-refractivity contribution in [2.45, 2.75) is 12.9 Å². The van der Waals surface area contributed by atoms with Crippen molar-refractivity contribution in [3.63, 3.8) is 0 Å². The third-order valence-electron chi connectivity index (χ3n) is 4.40. The van der Waals surface area contributed by atoms with E-state index in [9.17, 15) is 22.8 Å². The highest BCUT2D eigenvalue weighted by Gasteiger charge is 2.31. The summed E-state index contributed by atoms with van der Waals surface area (Å²) in [5.74, 6) is -0.123. The topological polar surface area (TPSA) is 81.9 Å². The molecule has 9 heteroatoms. The fourth-order valence-corrected chi connectivity index (χ4v) is 2.85. The molecule has 0 aliphatic rings. The molecule has 0 heterocycles. The molecule has 0 spiro atoms. The average Bonchev–Trinajstić information content (AvgIpc) is 2.74. The molecule has 32 heavy (non-hydrogen) atoms. The zero-order valence-electron chi connectivity index (χ0n) is 16.9.